The van der Waals surface area contributed by atoms with E-state index in [1.165, 1.54) is 0 Å². The van der Waals surface area contributed by atoms with Gasteiger partial charge in [0.25, 0.3) is 5.91 Å². The van der Waals surface area contributed by atoms with Crippen molar-refractivity contribution in [3.63, 3.8) is 0 Å². The molecule has 3 aliphatic heterocycles. The Morgan fingerprint density at radius 1 is 0.968 bits per heavy atom. The first-order chi connectivity index (χ1) is 14.5. The van der Waals surface area contributed by atoms with Crippen molar-refractivity contribution in [1.82, 2.24) is 0 Å². The predicted molar refractivity (Wildman–Crippen MR) is 113 cm³/mol. The average Bonchev–Trinajstić information content (AvgIpc) is 3.16. The molecule has 1 N–H and O–H groups in total. The topological polar surface area (TPSA) is 84.5 Å². The zero-order chi connectivity index (χ0) is 22.4. The van der Waals surface area contributed by atoms with Crippen molar-refractivity contribution in [1.29, 1.82) is 0 Å². The largest absolute Gasteiger partial charge is 0.494 e. The first-order valence-corrected chi connectivity index (χ1v) is 10.9. The number of rotatable bonds is 6. The molecule has 0 saturated carbocycles. The van der Waals surface area contributed by atoms with Gasteiger partial charge in [0.2, 0.25) is 0 Å². The van der Waals surface area contributed by atoms with Crippen molar-refractivity contribution in [2.45, 2.75) is 90.2 Å². The molecule has 0 radical (unpaired) electrons. The molecule has 1 amide bonds. The highest BCUT2D eigenvalue weighted by Crippen LogP contribution is 2.44. The van der Waals surface area contributed by atoms with Gasteiger partial charge in [-0.15, -0.1) is 0 Å². The van der Waals surface area contributed by atoms with Crippen LogP contribution in [0.4, 0.5) is 5.69 Å². The molecule has 5 atom stereocenters. The fourth-order valence-electron chi connectivity index (χ4n) is 4.08. The minimum Gasteiger partial charge on any atom is -0.494 e. The lowest BCUT2D eigenvalue weighted by atomic mass is 9.98. The highest BCUT2D eigenvalue weighted by Gasteiger charge is 2.62. The monoisotopic (exact) mass is 435 g/mol. The highest BCUT2D eigenvalue weighted by atomic mass is 16.9. The smallest absolute Gasteiger partial charge is 0.256 e. The van der Waals surface area contributed by atoms with Crippen LogP contribution in [0, 0.1) is 5.92 Å². The standard InChI is InChI=1S/C23H33NO7/c1-13(2)11-12-26-15-9-7-14(8-10-15)24-20(25)18-16-17(29-22(3,4)28-16)19-21(27-18)31-23(5,6)30-19/h7-10,13,16-19,21H,11-12H2,1-6H3,(H,24,25)/t16-,17+,18-,19-,21-/m1/s1. The molecule has 3 heterocycles. The second-order valence-electron chi connectivity index (χ2n) is 9.63. The number of ether oxygens (including phenoxy) is 6. The van der Waals surface area contributed by atoms with Gasteiger partial charge in [-0.2, -0.15) is 0 Å². The predicted octanol–water partition coefficient (Wildman–Crippen LogP) is 3.45. The van der Waals surface area contributed by atoms with E-state index in [9.17, 15) is 4.79 Å². The minimum absolute atomic E-state index is 0.323. The number of nitrogens with one attached hydrogen (secondary N) is 1. The van der Waals surface area contributed by atoms with Crippen molar-refractivity contribution in [3.05, 3.63) is 24.3 Å². The third kappa shape index (κ3) is 5.04. The van der Waals surface area contributed by atoms with Crippen LogP contribution in [0.1, 0.15) is 48.0 Å². The molecule has 0 unspecified atom stereocenters. The van der Waals surface area contributed by atoms with Gasteiger partial charge >= 0.3 is 0 Å². The van der Waals surface area contributed by atoms with Gasteiger partial charge in [0.05, 0.1) is 6.61 Å². The number of carbonyl (C=O) groups is 1. The van der Waals surface area contributed by atoms with Crippen LogP contribution in [0.15, 0.2) is 24.3 Å². The molecule has 8 heteroatoms. The first-order valence-electron chi connectivity index (χ1n) is 10.9. The Labute approximate surface area is 183 Å². The molecule has 0 aromatic heterocycles. The lowest BCUT2D eigenvalue weighted by molar-refractivity contribution is -0.229. The Morgan fingerprint density at radius 3 is 2.26 bits per heavy atom. The summed E-state index contributed by atoms with van der Waals surface area (Å²) < 4.78 is 35.6. The Bertz CT molecular complexity index is 792. The second kappa shape index (κ2) is 8.33. The fourth-order valence-corrected chi connectivity index (χ4v) is 4.08. The summed E-state index contributed by atoms with van der Waals surface area (Å²) in [5.41, 5.74) is 0.644. The third-order valence-corrected chi connectivity index (χ3v) is 5.50. The minimum atomic E-state index is -0.896. The van der Waals surface area contributed by atoms with E-state index in [1.807, 2.05) is 39.8 Å². The second-order valence-corrected chi connectivity index (χ2v) is 9.63. The van der Waals surface area contributed by atoms with E-state index in [0.29, 0.717) is 18.2 Å². The lowest BCUT2D eigenvalue weighted by Gasteiger charge is -2.36. The molecular weight excluding hydrogens is 402 g/mol. The van der Waals surface area contributed by atoms with E-state index >= 15 is 0 Å². The highest BCUT2D eigenvalue weighted by molar-refractivity contribution is 5.94. The lowest BCUT2D eigenvalue weighted by Crippen LogP contribution is -2.58. The van der Waals surface area contributed by atoms with Crippen molar-refractivity contribution in [3.8, 4) is 5.75 Å². The molecule has 4 rings (SSSR count). The van der Waals surface area contributed by atoms with Crippen molar-refractivity contribution in [2.24, 2.45) is 5.92 Å². The molecule has 31 heavy (non-hydrogen) atoms. The summed E-state index contributed by atoms with van der Waals surface area (Å²) in [6, 6.07) is 7.29. The van der Waals surface area contributed by atoms with Crippen LogP contribution < -0.4 is 10.1 Å². The summed E-state index contributed by atoms with van der Waals surface area (Å²) in [6.07, 6.45) is -2.15. The Balaban J connectivity index is 1.43. The number of carbonyl (C=O) groups excluding carboxylic acids is 1. The van der Waals surface area contributed by atoms with Gasteiger partial charge in [-0.3, -0.25) is 4.79 Å². The van der Waals surface area contributed by atoms with Crippen LogP contribution in [0.5, 0.6) is 5.75 Å². The van der Waals surface area contributed by atoms with Crippen molar-refractivity contribution < 1.29 is 33.2 Å². The number of hydrogen-bond acceptors (Lipinski definition) is 7. The van der Waals surface area contributed by atoms with Crippen LogP contribution in [-0.2, 0) is 28.5 Å². The number of fused-ring (bicyclic) bond motifs is 3. The first kappa shape index (κ1) is 22.5. The molecule has 3 fully saturated rings. The van der Waals surface area contributed by atoms with Gasteiger partial charge in [-0.1, -0.05) is 13.8 Å². The van der Waals surface area contributed by atoms with Crippen LogP contribution >= 0.6 is 0 Å². The van der Waals surface area contributed by atoms with Crippen molar-refractivity contribution >= 4 is 11.6 Å². The molecule has 8 nitrogen and oxygen atoms in total. The van der Waals surface area contributed by atoms with E-state index in [1.54, 1.807) is 12.1 Å². The van der Waals surface area contributed by atoms with Gasteiger partial charge in [0, 0.05) is 5.69 Å². The van der Waals surface area contributed by atoms with Gasteiger partial charge in [-0.05, 0) is 64.3 Å². The van der Waals surface area contributed by atoms with Crippen molar-refractivity contribution in [2.75, 3.05) is 11.9 Å². The van der Waals surface area contributed by atoms with Gasteiger partial charge in [0.15, 0.2) is 24.0 Å². The summed E-state index contributed by atoms with van der Waals surface area (Å²) in [7, 11) is 0. The fraction of sp³-hybridized carbons (Fsp3) is 0.696. The van der Waals surface area contributed by atoms with E-state index in [2.05, 4.69) is 19.2 Å². The quantitative estimate of drug-likeness (QED) is 0.733. The summed E-state index contributed by atoms with van der Waals surface area (Å²) >= 11 is 0. The van der Waals surface area contributed by atoms with Crippen LogP contribution in [-0.4, -0.2) is 54.8 Å². The van der Waals surface area contributed by atoms with E-state index < -0.39 is 42.3 Å². The van der Waals surface area contributed by atoms with Crippen LogP contribution in [0.25, 0.3) is 0 Å². The summed E-state index contributed by atoms with van der Waals surface area (Å²) in [4.78, 5) is 13.1. The number of anilines is 1. The molecule has 0 aliphatic carbocycles. The zero-order valence-corrected chi connectivity index (χ0v) is 19.0. The van der Waals surface area contributed by atoms with Gasteiger partial charge in [0.1, 0.15) is 24.1 Å². The SMILES string of the molecule is CC(C)CCOc1ccc(NC(=O)[C@@H]2O[C@@H]3OC(C)(C)O[C@@H]3[C@H]3OC(C)(C)O[C@H]32)cc1. The molecule has 3 aliphatic rings. The maximum Gasteiger partial charge on any atom is 0.256 e. The number of hydrogen-bond donors (Lipinski definition) is 1. The summed E-state index contributed by atoms with van der Waals surface area (Å²) in [6.45, 7) is 12.2. The Morgan fingerprint density at radius 2 is 1.58 bits per heavy atom. The van der Waals surface area contributed by atoms with Gasteiger partial charge in [-0.25, -0.2) is 0 Å². The average molecular weight is 436 g/mol. The molecule has 0 bridgehead atoms. The summed E-state index contributed by atoms with van der Waals surface area (Å²) in [5.74, 6) is -0.645. The number of amides is 1. The van der Waals surface area contributed by atoms with Gasteiger partial charge < -0.3 is 33.7 Å². The Kier molecular flexibility index (Phi) is 6.04. The summed E-state index contributed by atoms with van der Waals surface area (Å²) in [5, 5.41) is 2.90. The molecule has 172 valence electrons. The molecular formula is C23H33NO7. The molecule has 1 aromatic rings. The van der Waals surface area contributed by atoms with Crippen LogP contribution in [0.2, 0.25) is 0 Å². The zero-order valence-electron chi connectivity index (χ0n) is 19.0. The van der Waals surface area contributed by atoms with E-state index in [0.717, 1.165) is 12.2 Å². The maximum absolute atomic E-state index is 13.1. The van der Waals surface area contributed by atoms with Crippen LogP contribution in [0.3, 0.4) is 0 Å². The third-order valence-electron chi connectivity index (χ3n) is 5.50. The molecule has 0 spiro atoms. The normalized spacial score (nSPS) is 33.1. The molecule has 3 saturated heterocycles. The Hall–Kier alpha value is -1.71. The maximum atomic E-state index is 13.1. The van der Waals surface area contributed by atoms with E-state index in [4.69, 9.17) is 28.4 Å². The number of benzene rings is 1. The molecule has 1 aromatic carbocycles. The van der Waals surface area contributed by atoms with E-state index in [-0.39, 0.29) is 5.91 Å².